The SMILES string of the molecule is CCCCOCCOCCOc1[c-]sc(Br)c1OCCOCCOCCCC.[H-].[Mg+2]. The Morgan fingerprint density at radius 2 is 1.17 bits per heavy atom. The van der Waals surface area contributed by atoms with Crippen molar-refractivity contribution in [1.82, 2.24) is 0 Å². The second-order valence-corrected chi connectivity index (χ2v) is 8.12. The van der Waals surface area contributed by atoms with Crippen molar-refractivity contribution in [3.8, 4) is 11.5 Å². The maximum Gasteiger partial charge on any atom is 2.00 e. The van der Waals surface area contributed by atoms with Crippen molar-refractivity contribution >= 4 is 50.3 Å². The van der Waals surface area contributed by atoms with Crippen LogP contribution in [-0.4, -0.2) is 89.1 Å². The summed E-state index contributed by atoms with van der Waals surface area (Å²) in [5, 5.41) is 3.09. The first-order chi connectivity index (χ1) is 13.8. The van der Waals surface area contributed by atoms with Gasteiger partial charge in [-0.2, -0.15) is 0 Å². The molecule has 1 aromatic heterocycles. The molecular weight excluding hydrogens is 472 g/mol. The van der Waals surface area contributed by atoms with Crippen LogP contribution in [0, 0.1) is 5.38 Å². The minimum Gasteiger partial charge on any atom is -1.00 e. The molecule has 1 rings (SSSR count). The van der Waals surface area contributed by atoms with Crippen LogP contribution in [0.2, 0.25) is 0 Å². The smallest absolute Gasteiger partial charge is 1.00 e. The topological polar surface area (TPSA) is 55.4 Å². The van der Waals surface area contributed by atoms with Crippen LogP contribution in [0.15, 0.2) is 3.79 Å². The fourth-order valence-corrected chi connectivity index (χ4v) is 3.15. The van der Waals surface area contributed by atoms with E-state index < -0.39 is 0 Å². The Labute approximate surface area is 205 Å². The molecule has 0 aliphatic carbocycles. The zero-order valence-corrected chi connectivity index (χ0v) is 21.7. The van der Waals surface area contributed by atoms with Gasteiger partial charge in [-0.25, -0.2) is 0 Å². The molecule has 0 fully saturated rings. The van der Waals surface area contributed by atoms with E-state index >= 15 is 0 Å². The predicted molar refractivity (Wildman–Crippen MR) is 122 cm³/mol. The van der Waals surface area contributed by atoms with E-state index in [0.29, 0.717) is 64.4 Å². The summed E-state index contributed by atoms with van der Waals surface area (Å²) < 4.78 is 34.2. The molecule has 29 heavy (non-hydrogen) atoms. The minimum atomic E-state index is 0. The Morgan fingerprint density at radius 1 is 0.724 bits per heavy atom. The monoisotopic (exact) mass is 506 g/mol. The molecule has 6 nitrogen and oxygen atoms in total. The molecule has 0 amide bonds. The van der Waals surface area contributed by atoms with Crippen LogP contribution >= 0.6 is 27.3 Å². The maximum atomic E-state index is 5.77. The van der Waals surface area contributed by atoms with Crippen molar-refractivity contribution in [1.29, 1.82) is 0 Å². The van der Waals surface area contributed by atoms with Gasteiger partial charge in [-0.15, -0.1) is 15.9 Å². The molecule has 0 unspecified atom stereocenters. The van der Waals surface area contributed by atoms with Crippen LogP contribution in [-0.2, 0) is 18.9 Å². The number of hydrogen-bond donors (Lipinski definition) is 0. The third-order valence-corrected chi connectivity index (χ3v) is 5.09. The molecule has 9 heteroatoms. The number of rotatable bonds is 20. The molecular formula is C20H35BrMgO6S. The van der Waals surface area contributed by atoms with Gasteiger partial charge in [-0.1, -0.05) is 32.1 Å². The van der Waals surface area contributed by atoms with E-state index in [4.69, 9.17) is 28.4 Å². The van der Waals surface area contributed by atoms with Crippen LogP contribution in [0.4, 0.5) is 0 Å². The molecule has 166 valence electrons. The molecule has 0 aliphatic rings. The van der Waals surface area contributed by atoms with E-state index in [-0.39, 0.29) is 24.5 Å². The normalized spacial score (nSPS) is 10.7. The molecule has 0 saturated heterocycles. The van der Waals surface area contributed by atoms with Crippen molar-refractivity contribution in [3.05, 3.63) is 9.17 Å². The summed E-state index contributed by atoms with van der Waals surface area (Å²) in [6.45, 7) is 10.2. The van der Waals surface area contributed by atoms with Gasteiger partial charge in [0, 0.05) is 24.7 Å². The van der Waals surface area contributed by atoms with Gasteiger partial charge in [0.1, 0.15) is 6.61 Å². The molecule has 0 radical (unpaired) electrons. The number of ether oxygens (including phenoxy) is 6. The van der Waals surface area contributed by atoms with E-state index in [0.717, 1.165) is 42.7 Å². The summed E-state index contributed by atoms with van der Waals surface area (Å²) in [5.74, 6) is 1.26. The summed E-state index contributed by atoms with van der Waals surface area (Å²) in [6.07, 6.45) is 4.47. The second kappa shape index (κ2) is 21.6. The fraction of sp³-hybridized carbons (Fsp3) is 0.800. The van der Waals surface area contributed by atoms with E-state index in [1.807, 2.05) is 0 Å². The Bertz CT molecular complexity index is 484. The molecule has 0 bridgehead atoms. The summed E-state index contributed by atoms with van der Waals surface area (Å²) >= 11 is 4.88. The molecule has 1 aromatic rings. The number of thiophene rings is 1. The van der Waals surface area contributed by atoms with Crippen LogP contribution < -0.4 is 9.47 Å². The van der Waals surface area contributed by atoms with Gasteiger partial charge in [-0.3, -0.25) is 11.3 Å². The molecule has 0 aromatic carbocycles. The number of unbranched alkanes of at least 4 members (excludes halogenated alkanes) is 2. The van der Waals surface area contributed by atoms with Gasteiger partial charge < -0.3 is 29.8 Å². The Hall–Kier alpha value is 0.386. The zero-order chi connectivity index (χ0) is 20.3. The second-order valence-electron chi connectivity index (χ2n) is 5.99. The number of hydrogen-bond acceptors (Lipinski definition) is 7. The Balaban J connectivity index is 0. The third-order valence-electron chi connectivity index (χ3n) is 3.59. The summed E-state index contributed by atoms with van der Waals surface area (Å²) in [4.78, 5) is 0. The van der Waals surface area contributed by atoms with Crippen molar-refractivity contribution < 1.29 is 29.8 Å². The molecule has 0 atom stereocenters. The quantitative estimate of drug-likeness (QED) is 0.147. The van der Waals surface area contributed by atoms with E-state index in [1.54, 1.807) is 0 Å². The molecule has 0 saturated carbocycles. The first-order valence-corrected chi connectivity index (χ1v) is 11.7. The van der Waals surface area contributed by atoms with Crippen LogP contribution in [0.5, 0.6) is 11.5 Å². The van der Waals surface area contributed by atoms with Crippen LogP contribution in [0.25, 0.3) is 0 Å². The van der Waals surface area contributed by atoms with Crippen molar-refractivity contribution in [2.75, 3.05) is 66.1 Å². The van der Waals surface area contributed by atoms with Crippen molar-refractivity contribution in [3.63, 3.8) is 0 Å². The summed E-state index contributed by atoms with van der Waals surface area (Å²) in [5.41, 5.74) is 0. The van der Waals surface area contributed by atoms with Gasteiger partial charge in [0.25, 0.3) is 0 Å². The van der Waals surface area contributed by atoms with E-state index in [1.165, 1.54) is 11.3 Å². The molecule has 0 aliphatic heterocycles. The zero-order valence-electron chi connectivity index (χ0n) is 18.8. The first kappa shape index (κ1) is 29.4. The standard InChI is InChI=1S/C20H34BrO6S.Mg.H/c1-3-5-7-22-9-11-24-13-15-26-18-17-28-20(21)19(18)27-16-14-25-12-10-23-8-6-4-2;;/h3-16H2,1-2H3;;/q-1;+2;-1. The molecule has 1 heterocycles. The largest absolute Gasteiger partial charge is 2.00 e. The molecule has 0 N–H and O–H groups in total. The van der Waals surface area contributed by atoms with Crippen LogP contribution in [0.3, 0.4) is 0 Å². The van der Waals surface area contributed by atoms with Gasteiger partial charge >= 0.3 is 23.1 Å². The van der Waals surface area contributed by atoms with Crippen LogP contribution in [0.1, 0.15) is 41.0 Å². The Morgan fingerprint density at radius 3 is 1.69 bits per heavy atom. The van der Waals surface area contributed by atoms with Gasteiger partial charge in [0.2, 0.25) is 0 Å². The third kappa shape index (κ3) is 15.8. The van der Waals surface area contributed by atoms with Gasteiger partial charge in [0.05, 0.1) is 46.2 Å². The van der Waals surface area contributed by atoms with Crippen molar-refractivity contribution in [2.24, 2.45) is 0 Å². The van der Waals surface area contributed by atoms with Gasteiger partial charge in [-0.05, 0) is 16.6 Å². The minimum absolute atomic E-state index is 0. The molecule has 0 spiro atoms. The number of halogens is 1. The van der Waals surface area contributed by atoms with E-state index in [2.05, 4.69) is 35.2 Å². The van der Waals surface area contributed by atoms with Crippen molar-refractivity contribution in [2.45, 2.75) is 39.5 Å². The fourth-order valence-electron chi connectivity index (χ4n) is 2.03. The average Bonchev–Trinajstić information content (AvgIpc) is 3.05. The summed E-state index contributed by atoms with van der Waals surface area (Å²) in [7, 11) is 0. The maximum absolute atomic E-state index is 5.77. The predicted octanol–water partition coefficient (Wildman–Crippen LogP) is 4.47. The first-order valence-electron chi connectivity index (χ1n) is 10.1. The average molecular weight is 508 g/mol. The summed E-state index contributed by atoms with van der Waals surface area (Å²) in [6, 6.07) is 0. The van der Waals surface area contributed by atoms with E-state index in [9.17, 15) is 0 Å². The van der Waals surface area contributed by atoms with Gasteiger partial charge in [0.15, 0.2) is 0 Å². The Kier molecular flexibility index (Phi) is 21.9.